The molecule has 1 N–H and O–H groups in total. The molecule has 0 aliphatic rings. The number of hydrogen-bond acceptors (Lipinski definition) is 14. The van der Waals surface area contributed by atoms with Gasteiger partial charge in [-0.1, -0.05) is 48.5 Å². The number of esters is 2. The quantitative estimate of drug-likeness (QED) is 0.0855. The summed E-state index contributed by atoms with van der Waals surface area (Å²) in [6, 6.07) is 12.4. The van der Waals surface area contributed by atoms with Gasteiger partial charge in [0.05, 0.1) is 49.4 Å². The van der Waals surface area contributed by atoms with Crippen LogP contribution in [0.25, 0.3) is 32.9 Å². The first kappa shape index (κ1) is 54.2. The van der Waals surface area contributed by atoms with Gasteiger partial charge >= 0.3 is 42.6 Å². The van der Waals surface area contributed by atoms with Crippen LogP contribution in [0.3, 0.4) is 0 Å². The van der Waals surface area contributed by atoms with Crippen molar-refractivity contribution in [2.45, 2.75) is 105 Å². The highest BCUT2D eigenvalue weighted by Gasteiger charge is 2.43. The molecule has 3 amide bonds. The van der Waals surface area contributed by atoms with E-state index in [4.69, 9.17) is 23.7 Å². The molecule has 380 valence electrons. The maximum absolute atomic E-state index is 14.1. The fraction of sp³-hybridized carbons (Fsp3) is 0.383. The number of ether oxygens (including phenoxy) is 5. The van der Waals surface area contributed by atoms with Gasteiger partial charge in [0.1, 0.15) is 33.7 Å². The number of carbonyl (C=O) groups excluding carboxylic acids is 5. The van der Waals surface area contributed by atoms with Gasteiger partial charge in [-0.05, 0) is 76.2 Å². The molecule has 0 radical (unpaired) electrons. The molecule has 0 saturated heterocycles. The Morgan fingerprint density at radius 3 is 1.32 bits per heavy atom. The third kappa shape index (κ3) is 13.1. The van der Waals surface area contributed by atoms with Gasteiger partial charge in [0.15, 0.2) is 17.2 Å². The largest absolute Gasteiger partial charge is 0.462 e. The lowest BCUT2D eigenvalue weighted by atomic mass is 10.1. The van der Waals surface area contributed by atoms with Gasteiger partial charge in [0, 0.05) is 21.5 Å². The summed E-state index contributed by atoms with van der Waals surface area (Å²) in [6.45, 7) is 17.4. The number of hydrogen-bond donors (Lipinski definition) is 1. The number of carbonyl (C=O) groups is 5. The minimum Gasteiger partial charge on any atom is -0.462 e. The summed E-state index contributed by atoms with van der Waals surface area (Å²) in [6.07, 6.45) is -9.13. The van der Waals surface area contributed by atoms with Crippen LogP contribution in [-0.4, -0.2) is 89.8 Å². The van der Waals surface area contributed by atoms with Crippen molar-refractivity contribution >= 4 is 63.4 Å². The number of alkyl halides is 6. The maximum atomic E-state index is 14.1. The van der Waals surface area contributed by atoms with Crippen LogP contribution in [0, 0.1) is 0 Å². The van der Waals surface area contributed by atoms with Crippen LogP contribution < -0.4 is 10.2 Å². The molecule has 4 heterocycles. The van der Waals surface area contributed by atoms with E-state index in [0.717, 1.165) is 24.8 Å². The number of anilines is 2. The summed E-state index contributed by atoms with van der Waals surface area (Å²) < 4.78 is 111. The summed E-state index contributed by atoms with van der Waals surface area (Å²) in [5.41, 5.74) is -7.06. The molecule has 6 aromatic rings. The summed E-state index contributed by atoms with van der Waals surface area (Å²) in [4.78, 5) is 71.6. The Bertz CT molecular complexity index is 2940. The molecule has 0 bridgehead atoms. The Morgan fingerprint density at radius 1 is 0.549 bits per heavy atom. The van der Waals surface area contributed by atoms with Crippen molar-refractivity contribution < 1.29 is 74.0 Å². The molecule has 71 heavy (non-hydrogen) atoms. The summed E-state index contributed by atoms with van der Waals surface area (Å²) in [5, 5.41) is 11.0. The number of amides is 3. The molecule has 18 nitrogen and oxygen atoms in total. The van der Waals surface area contributed by atoms with E-state index in [1.165, 1.54) is 26.0 Å². The third-order valence-corrected chi connectivity index (χ3v) is 9.03. The zero-order valence-corrected chi connectivity index (χ0v) is 40.3. The van der Waals surface area contributed by atoms with Gasteiger partial charge in [-0.2, -0.15) is 41.4 Å². The molecule has 0 spiro atoms. The third-order valence-electron chi connectivity index (χ3n) is 9.03. The van der Waals surface area contributed by atoms with Crippen molar-refractivity contribution in [3.05, 3.63) is 95.8 Å². The fourth-order valence-electron chi connectivity index (χ4n) is 6.54. The SMILES string of the molecule is CCOC(=O)c1cnn(-c2cnc(N(C(=O)OC(C)(C)C)C(=O)OC(C)(C)C)c3ccccc23)c1C(F)(F)F.CCOC(=O)c1cnn(-c2cnc(NC(=O)OC(C)(C)C)c3ccccc23)c1C(F)(F)F. The monoisotopic (exact) mass is 1000 g/mol. The lowest BCUT2D eigenvalue weighted by Crippen LogP contribution is -2.44. The van der Waals surface area contributed by atoms with Crippen LogP contribution in [0.2, 0.25) is 0 Å². The van der Waals surface area contributed by atoms with Crippen LogP contribution in [0.1, 0.15) is 108 Å². The van der Waals surface area contributed by atoms with Gasteiger partial charge in [-0.25, -0.2) is 43.3 Å². The molecule has 2 aromatic carbocycles. The van der Waals surface area contributed by atoms with Crippen LogP contribution in [0.4, 0.5) is 52.4 Å². The van der Waals surface area contributed by atoms with Crippen LogP contribution in [0.15, 0.2) is 73.3 Å². The first-order valence-corrected chi connectivity index (χ1v) is 21.5. The number of fused-ring (bicyclic) bond motifs is 2. The van der Waals surface area contributed by atoms with E-state index in [0.29, 0.717) is 25.0 Å². The molecule has 6 rings (SSSR count). The average Bonchev–Trinajstić information content (AvgIpc) is 3.89. The van der Waals surface area contributed by atoms with Gasteiger partial charge in [-0.15, -0.1) is 0 Å². The number of aromatic nitrogens is 6. The number of nitrogens with one attached hydrogen (secondary N) is 1. The normalized spacial score (nSPS) is 12.1. The molecule has 0 unspecified atom stereocenters. The second-order valence-corrected chi connectivity index (χ2v) is 18.0. The Labute approximate surface area is 402 Å². The number of benzene rings is 2. The minimum absolute atomic E-state index is 0.0294. The van der Waals surface area contributed by atoms with E-state index in [9.17, 15) is 50.3 Å². The van der Waals surface area contributed by atoms with Gasteiger partial charge in [-0.3, -0.25) is 5.32 Å². The number of rotatable bonds is 8. The Hall–Kier alpha value is -7.79. The highest BCUT2D eigenvalue weighted by molar-refractivity contribution is 6.14. The molecular weight excluding hydrogens is 951 g/mol. The van der Waals surface area contributed by atoms with E-state index in [1.807, 2.05) is 0 Å². The summed E-state index contributed by atoms with van der Waals surface area (Å²) in [5.74, 6) is -2.45. The maximum Gasteiger partial charge on any atom is 0.434 e. The van der Waals surface area contributed by atoms with Crippen molar-refractivity contribution in [3.63, 3.8) is 0 Å². The van der Waals surface area contributed by atoms with E-state index in [2.05, 4.69) is 25.5 Å². The van der Waals surface area contributed by atoms with Crippen molar-refractivity contribution in [2.24, 2.45) is 0 Å². The highest BCUT2D eigenvalue weighted by Crippen LogP contribution is 2.39. The average molecular weight is 1000 g/mol. The lowest BCUT2D eigenvalue weighted by Gasteiger charge is -2.28. The Balaban J connectivity index is 0.000000269. The first-order chi connectivity index (χ1) is 32.9. The Kier molecular flexibility index (Phi) is 15.8. The standard InChI is InChI=1S/C26H29F3N4O6.C21H21F3N4O4/c1-8-37-21(34)17-13-31-33(19(17)26(27,28)29)18-14-30-20(16-12-10-9-11-15(16)18)32(22(35)38-24(2,3)4)23(36)39-25(5,6)7;1-5-31-18(29)14-10-26-28(16(14)21(22,23)24)15-11-25-17(13-9-7-6-8-12(13)15)27-19(30)32-20(2,3)4/h9-14H,8H2,1-7H3;6-11H,5H2,1-4H3,(H,25,27,30). The molecule has 0 atom stereocenters. The van der Waals surface area contributed by atoms with Crippen LogP contribution in [0.5, 0.6) is 0 Å². The van der Waals surface area contributed by atoms with Gasteiger partial charge in [0.25, 0.3) is 0 Å². The molecular formula is C47H50F6N8O10. The van der Waals surface area contributed by atoms with Gasteiger partial charge in [0.2, 0.25) is 0 Å². The van der Waals surface area contributed by atoms with E-state index < -0.39 is 81.9 Å². The molecule has 0 saturated carbocycles. The minimum atomic E-state index is -4.99. The topological polar surface area (TPSA) is 208 Å². The van der Waals surface area contributed by atoms with E-state index in [1.54, 1.807) is 98.7 Å². The van der Waals surface area contributed by atoms with Crippen molar-refractivity contribution in [1.29, 1.82) is 0 Å². The lowest BCUT2D eigenvalue weighted by molar-refractivity contribution is -0.144. The smallest absolute Gasteiger partial charge is 0.434 e. The van der Waals surface area contributed by atoms with Gasteiger partial charge < -0.3 is 23.7 Å². The summed E-state index contributed by atoms with van der Waals surface area (Å²) in [7, 11) is 0. The number of halogens is 6. The molecule has 0 aliphatic carbocycles. The predicted octanol–water partition coefficient (Wildman–Crippen LogP) is 11.3. The van der Waals surface area contributed by atoms with Crippen LogP contribution >= 0.6 is 0 Å². The first-order valence-electron chi connectivity index (χ1n) is 21.5. The second kappa shape index (κ2) is 20.7. The second-order valence-electron chi connectivity index (χ2n) is 18.0. The number of imide groups is 1. The highest BCUT2D eigenvalue weighted by atomic mass is 19.4. The van der Waals surface area contributed by atoms with E-state index >= 15 is 0 Å². The number of nitrogens with zero attached hydrogens (tertiary/aromatic N) is 7. The zero-order chi connectivity index (χ0) is 53.0. The zero-order valence-electron chi connectivity index (χ0n) is 40.3. The van der Waals surface area contributed by atoms with Crippen molar-refractivity contribution in [1.82, 2.24) is 29.5 Å². The van der Waals surface area contributed by atoms with Crippen molar-refractivity contribution in [2.75, 3.05) is 23.4 Å². The number of pyridine rings is 2. The molecule has 4 aromatic heterocycles. The molecule has 24 heteroatoms. The molecule has 0 aliphatic heterocycles. The predicted molar refractivity (Wildman–Crippen MR) is 244 cm³/mol. The molecule has 0 fully saturated rings. The Morgan fingerprint density at radius 2 is 0.930 bits per heavy atom. The van der Waals surface area contributed by atoms with Crippen molar-refractivity contribution in [3.8, 4) is 11.4 Å². The fourth-order valence-corrected chi connectivity index (χ4v) is 6.54. The van der Waals surface area contributed by atoms with E-state index in [-0.39, 0.29) is 47.0 Å². The van der Waals surface area contributed by atoms with Crippen LogP contribution in [-0.2, 0) is 36.0 Å². The summed E-state index contributed by atoms with van der Waals surface area (Å²) >= 11 is 0.